The van der Waals surface area contributed by atoms with Crippen LogP contribution in [-0.4, -0.2) is 27.8 Å². The molecule has 5 nitrogen and oxygen atoms in total. The smallest absolute Gasteiger partial charge is 0.272 e. The molecule has 134 valence electrons. The highest BCUT2D eigenvalue weighted by atomic mass is 35.5. The zero-order valence-corrected chi connectivity index (χ0v) is 15.0. The van der Waals surface area contributed by atoms with Crippen LogP contribution in [0.4, 0.5) is 0 Å². The van der Waals surface area contributed by atoms with Crippen molar-refractivity contribution in [1.82, 2.24) is 15.1 Å². The van der Waals surface area contributed by atoms with Gasteiger partial charge in [-0.25, -0.2) is 4.68 Å². The highest BCUT2D eigenvalue weighted by molar-refractivity contribution is 5.92. The van der Waals surface area contributed by atoms with Crippen LogP contribution in [-0.2, 0) is 0 Å². The van der Waals surface area contributed by atoms with Crippen LogP contribution in [0.1, 0.15) is 42.6 Å². The van der Waals surface area contributed by atoms with Crippen LogP contribution in [0.25, 0.3) is 5.69 Å². The fourth-order valence-electron chi connectivity index (χ4n) is 4.42. The third-order valence-electron chi connectivity index (χ3n) is 5.52. The zero-order chi connectivity index (χ0) is 16.5. The van der Waals surface area contributed by atoms with Gasteiger partial charge in [0.2, 0.25) is 0 Å². The second-order valence-electron chi connectivity index (χ2n) is 7.16. The maximum atomic E-state index is 12.7. The van der Waals surface area contributed by atoms with Crippen molar-refractivity contribution in [2.24, 2.45) is 17.6 Å². The quantitative estimate of drug-likeness (QED) is 0.883. The molecule has 2 atom stereocenters. The van der Waals surface area contributed by atoms with Gasteiger partial charge < -0.3 is 11.1 Å². The Hall–Kier alpha value is -1.85. The Balaban J connectivity index is 0.00000182. The normalized spacial score (nSPS) is 28.0. The molecule has 2 saturated carbocycles. The van der Waals surface area contributed by atoms with Gasteiger partial charge >= 0.3 is 0 Å². The van der Waals surface area contributed by atoms with E-state index in [1.807, 2.05) is 36.5 Å². The van der Waals surface area contributed by atoms with Gasteiger partial charge in [0.1, 0.15) is 0 Å². The van der Waals surface area contributed by atoms with Crippen LogP contribution < -0.4 is 11.1 Å². The van der Waals surface area contributed by atoms with Gasteiger partial charge in [-0.05, 0) is 55.7 Å². The molecular formula is C19H25ClN4O. The Morgan fingerprint density at radius 2 is 1.80 bits per heavy atom. The van der Waals surface area contributed by atoms with E-state index in [1.54, 1.807) is 10.7 Å². The molecule has 1 amide bonds. The van der Waals surface area contributed by atoms with E-state index in [1.165, 1.54) is 19.3 Å². The van der Waals surface area contributed by atoms with Crippen LogP contribution in [0, 0.1) is 11.8 Å². The van der Waals surface area contributed by atoms with Crippen molar-refractivity contribution in [3.05, 3.63) is 48.3 Å². The first-order valence-electron chi connectivity index (χ1n) is 8.88. The van der Waals surface area contributed by atoms with Crippen LogP contribution in [0.2, 0.25) is 0 Å². The number of nitrogens with two attached hydrogens (primary N) is 1. The predicted octanol–water partition coefficient (Wildman–Crippen LogP) is 2.93. The van der Waals surface area contributed by atoms with E-state index in [-0.39, 0.29) is 24.4 Å². The standard InChI is InChI=1S/C19H24N4O.ClH/c20-15-11-13-5-4-6-14(12-15)18(13)21-19(24)17-9-10-23(22-17)16-7-2-1-3-8-16;/h1-3,7-10,13-15,18H,4-6,11-12,20H2,(H,21,24);1H. The molecule has 1 heterocycles. The average Bonchev–Trinajstić information content (AvgIpc) is 3.07. The molecule has 1 aromatic carbocycles. The van der Waals surface area contributed by atoms with Crippen molar-refractivity contribution in [3.63, 3.8) is 0 Å². The lowest BCUT2D eigenvalue weighted by Crippen LogP contribution is -2.53. The number of rotatable bonds is 3. The van der Waals surface area contributed by atoms with Gasteiger partial charge in [0.05, 0.1) is 5.69 Å². The number of halogens is 1. The number of nitrogens with zero attached hydrogens (tertiary/aromatic N) is 2. The molecule has 1 aromatic heterocycles. The molecule has 2 bridgehead atoms. The number of hydrogen-bond acceptors (Lipinski definition) is 3. The summed E-state index contributed by atoms with van der Waals surface area (Å²) in [5, 5.41) is 7.69. The minimum atomic E-state index is -0.0675. The maximum Gasteiger partial charge on any atom is 0.272 e. The molecule has 0 radical (unpaired) electrons. The molecule has 6 heteroatoms. The summed E-state index contributed by atoms with van der Waals surface area (Å²) < 4.78 is 1.74. The van der Waals surface area contributed by atoms with Crippen molar-refractivity contribution < 1.29 is 4.79 Å². The number of benzene rings is 1. The first kappa shape index (κ1) is 18.0. The molecule has 2 aliphatic carbocycles. The molecule has 0 spiro atoms. The predicted molar refractivity (Wildman–Crippen MR) is 100 cm³/mol. The number of amides is 1. The Morgan fingerprint density at radius 1 is 1.12 bits per heavy atom. The molecule has 0 saturated heterocycles. The maximum absolute atomic E-state index is 12.7. The molecule has 0 aliphatic heterocycles. The summed E-state index contributed by atoms with van der Waals surface area (Å²) in [5.74, 6) is 0.974. The van der Waals surface area contributed by atoms with Gasteiger partial charge in [0.25, 0.3) is 5.91 Å². The highest BCUT2D eigenvalue weighted by Crippen LogP contribution is 2.39. The number of nitrogens with one attached hydrogen (secondary N) is 1. The van der Waals surface area contributed by atoms with Gasteiger partial charge in [-0.2, -0.15) is 5.10 Å². The Kier molecular flexibility index (Phi) is 5.45. The van der Waals surface area contributed by atoms with Crippen molar-refractivity contribution in [2.45, 2.75) is 44.2 Å². The number of para-hydroxylation sites is 1. The van der Waals surface area contributed by atoms with Crippen molar-refractivity contribution in [3.8, 4) is 5.69 Å². The third kappa shape index (κ3) is 3.72. The Morgan fingerprint density at radius 3 is 2.48 bits per heavy atom. The number of carbonyl (C=O) groups is 1. The number of hydrogen-bond donors (Lipinski definition) is 2. The van der Waals surface area contributed by atoms with Gasteiger partial charge in [-0.3, -0.25) is 4.79 Å². The molecule has 2 fully saturated rings. The van der Waals surface area contributed by atoms with E-state index in [0.717, 1.165) is 18.5 Å². The first-order valence-corrected chi connectivity index (χ1v) is 8.88. The van der Waals surface area contributed by atoms with Crippen LogP contribution in [0.3, 0.4) is 0 Å². The van der Waals surface area contributed by atoms with Gasteiger partial charge in [-0.1, -0.05) is 24.6 Å². The lowest BCUT2D eigenvalue weighted by molar-refractivity contribution is 0.0751. The van der Waals surface area contributed by atoms with E-state index in [2.05, 4.69) is 10.4 Å². The van der Waals surface area contributed by atoms with E-state index in [0.29, 0.717) is 23.6 Å². The molecule has 2 aliphatic rings. The molecule has 4 rings (SSSR count). The minimum absolute atomic E-state index is 0. The van der Waals surface area contributed by atoms with Crippen molar-refractivity contribution in [2.75, 3.05) is 0 Å². The number of carbonyl (C=O) groups excluding carboxylic acids is 1. The number of aromatic nitrogens is 2. The van der Waals surface area contributed by atoms with Gasteiger partial charge in [-0.15, -0.1) is 12.4 Å². The summed E-state index contributed by atoms with van der Waals surface area (Å²) in [4.78, 5) is 12.7. The lowest BCUT2D eigenvalue weighted by atomic mass is 9.67. The van der Waals surface area contributed by atoms with Crippen molar-refractivity contribution in [1.29, 1.82) is 0 Å². The Labute approximate surface area is 154 Å². The third-order valence-corrected chi connectivity index (χ3v) is 5.52. The summed E-state index contributed by atoms with van der Waals surface area (Å²) in [5.41, 5.74) is 7.60. The monoisotopic (exact) mass is 360 g/mol. The summed E-state index contributed by atoms with van der Waals surface area (Å²) in [7, 11) is 0. The zero-order valence-electron chi connectivity index (χ0n) is 14.2. The van der Waals surface area contributed by atoms with Crippen LogP contribution in [0.15, 0.2) is 42.6 Å². The highest BCUT2D eigenvalue weighted by Gasteiger charge is 2.40. The van der Waals surface area contributed by atoms with Crippen molar-refractivity contribution >= 4 is 18.3 Å². The minimum Gasteiger partial charge on any atom is -0.347 e. The molecular weight excluding hydrogens is 336 g/mol. The average molecular weight is 361 g/mol. The van der Waals surface area contributed by atoms with E-state index in [9.17, 15) is 4.79 Å². The number of fused-ring (bicyclic) bond motifs is 2. The summed E-state index contributed by atoms with van der Waals surface area (Å²) >= 11 is 0. The summed E-state index contributed by atoms with van der Waals surface area (Å²) in [6, 6.07) is 12.2. The fourth-order valence-corrected chi connectivity index (χ4v) is 4.42. The molecule has 2 unspecified atom stereocenters. The second-order valence-corrected chi connectivity index (χ2v) is 7.16. The SMILES string of the molecule is Cl.NC1CC2CCCC(C1)C2NC(=O)c1ccn(-c2ccccc2)n1. The van der Waals surface area contributed by atoms with E-state index < -0.39 is 0 Å². The van der Waals surface area contributed by atoms with Crippen LogP contribution in [0.5, 0.6) is 0 Å². The molecule has 3 N–H and O–H groups in total. The van der Waals surface area contributed by atoms with Gasteiger partial charge in [0.15, 0.2) is 5.69 Å². The molecule has 2 aromatic rings. The summed E-state index contributed by atoms with van der Waals surface area (Å²) in [6.07, 6.45) is 7.50. The summed E-state index contributed by atoms with van der Waals surface area (Å²) in [6.45, 7) is 0. The van der Waals surface area contributed by atoms with Gasteiger partial charge in [0, 0.05) is 18.3 Å². The Bertz CT molecular complexity index is 703. The largest absolute Gasteiger partial charge is 0.347 e. The second kappa shape index (κ2) is 7.58. The van der Waals surface area contributed by atoms with E-state index in [4.69, 9.17) is 5.73 Å². The topological polar surface area (TPSA) is 72.9 Å². The fraction of sp³-hybridized carbons (Fsp3) is 0.474. The first-order chi connectivity index (χ1) is 11.7. The molecule has 25 heavy (non-hydrogen) atoms. The van der Waals surface area contributed by atoms with Crippen LogP contribution >= 0.6 is 12.4 Å². The van der Waals surface area contributed by atoms with E-state index >= 15 is 0 Å². The lowest BCUT2D eigenvalue weighted by Gasteiger charge is -2.45.